The van der Waals surface area contributed by atoms with Crippen LogP contribution in [-0.4, -0.2) is 66.6 Å². The summed E-state index contributed by atoms with van der Waals surface area (Å²) in [5.41, 5.74) is 1.87. The zero-order valence-electron chi connectivity index (χ0n) is 20.4. The smallest absolute Gasteiger partial charge is 0.247 e. The van der Waals surface area contributed by atoms with Gasteiger partial charge >= 0.3 is 0 Å². The van der Waals surface area contributed by atoms with Gasteiger partial charge in [0.1, 0.15) is 16.7 Å². The summed E-state index contributed by atoms with van der Waals surface area (Å²) in [4.78, 5) is 6.35. The first-order valence-electron chi connectivity index (χ1n) is 11.8. The highest BCUT2D eigenvalue weighted by molar-refractivity contribution is 7.89. The van der Waals surface area contributed by atoms with Gasteiger partial charge < -0.3 is 9.84 Å². The number of unbranched alkanes of at least 4 members (excludes halogenated alkanes) is 1. The monoisotopic (exact) mass is 485 g/mol. The summed E-state index contributed by atoms with van der Waals surface area (Å²) in [6.07, 6.45) is 5.02. The molecule has 7 nitrogen and oxygen atoms in total. The standard InChI is InChI=1S/C26H35N3O4S/c1-5-6-7-8-22-9-10-26-24(15-22)33-25(18-28(4)17-23-11-13-27-14-12-23)20(2)16-29(21(3)19-30)34(26,31)32/h9-15,20-21,25,30H,5-6,16-19H2,1-4H3/t20-,21-,25+/m0/s1. The minimum absolute atomic E-state index is 0.105. The molecule has 1 aromatic carbocycles. The van der Waals surface area contributed by atoms with Gasteiger partial charge in [-0.1, -0.05) is 25.7 Å². The van der Waals surface area contributed by atoms with Crippen molar-refractivity contribution in [3.63, 3.8) is 0 Å². The van der Waals surface area contributed by atoms with E-state index in [1.807, 2.05) is 26.1 Å². The number of benzene rings is 1. The lowest BCUT2D eigenvalue weighted by Gasteiger charge is -2.37. The van der Waals surface area contributed by atoms with Crippen molar-refractivity contribution in [2.24, 2.45) is 5.92 Å². The van der Waals surface area contributed by atoms with Crippen LogP contribution in [0.2, 0.25) is 0 Å². The van der Waals surface area contributed by atoms with E-state index in [2.05, 4.69) is 28.6 Å². The van der Waals surface area contributed by atoms with Gasteiger partial charge in [-0.25, -0.2) is 8.42 Å². The van der Waals surface area contributed by atoms with Gasteiger partial charge in [0.25, 0.3) is 0 Å². The number of pyridine rings is 1. The lowest BCUT2D eigenvalue weighted by Crippen LogP contribution is -2.49. The molecule has 1 N–H and O–H groups in total. The fourth-order valence-electron chi connectivity index (χ4n) is 3.98. The van der Waals surface area contributed by atoms with E-state index >= 15 is 0 Å². The van der Waals surface area contributed by atoms with E-state index in [9.17, 15) is 13.5 Å². The first-order chi connectivity index (χ1) is 16.3. The van der Waals surface area contributed by atoms with E-state index < -0.39 is 16.1 Å². The minimum Gasteiger partial charge on any atom is -0.487 e. The normalized spacial score (nSPS) is 20.9. The maximum Gasteiger partial charge on any atom is 0.247 e. The number of aliphatic hydroxyl groups is 1. The number of rotatable bonds is 7. The molecule has 0 aliphatic carbocycles. The fraction of sp³-hybridized carbons (Fsp3) is 0.500. The van der Waals surface area contributed by atoms with Crippen LogP contribution < -0.4 is 4.74 Å². The van der Waals surface area contributed by atoms with Crippen LogP contribution in [0.15, 0.2) is 47.6 Å². The molecule has 2 heterocycles. The van der Waals surface area contributed by atoms with Crippen molar-refractivity contribution in [1.82, 2.24) is 14.2 Å². The minimum atomic E-state index is -3.85. The van der Waals surface area contributed by atoms with Gasteiger partial charge in [-0.05, 0) is 56.3 Å². The Morgan fingerprint density at radius 1 is 1.29 bits per heavy atom. The molecule has 0 unspecified atom stereocenters. The third kappa shape index (κ3) is 6.36. The van der Waals surface area contributed by atoms with Crippen LogP contribution in [0.3, 0.4) is 0 Å². The molecule has 34 heavy (non-hydrogen) atoms. The molecule has 184 valence electrons. The molecule has 0 saturated carbocycles. The fourth-order valence-corrected chi connectivity index (χ4v) is 5.81. The Morgan fingerprint density at radius 2 is 2.03 bits per heavy atom. The SMILES string of the molecule is CCCC#Cc1ccc2c(c1)O[C@H](CN(C)Cc1ccncc1)[C@@H](C)CN([C@@H](C)CO)S2(=O)=O. The van der Waals surface area contributed by atoms with Crippen LogP contribution in [0, 0.1) is 17.8 Å². The number of nitrogens with zero attached hydrogens (tertiary/aromatic N) is 3. The average molecular weight is 486 g/mol. The molecule has 0 spiro atoms. The highest BCUT2D eigenvalue weighted by atomic mass is 32.2. The van der Waals surface area contributed by atoms with E-state index in [1.165, 1.54) is 4.31 Å². The Hall–Kier alpha value is -2.44. The first kappa shape index (κ1) is 26.2. The van der Waals surface area contributed by atoms with Crippen LogP contribution in [-0.2, 0) is 16.6 Å². The third-order valence-electron chi connectivity index (χ3n) is 5.97. The number of sulfonamides is 1. The molecular formula is C26H35N3O4S. The van der Waals surface area contributed by atoms with Crippen molar-refractivity contribution < 1.29 is 18.3 Å². The molecule has 3 atom stereocenters. The van der Waals surface area contributed by atoms with Crippen LogP contribution in [0.4, 0.5) is 0 Å². The van der Waals surface area contributed by atoms with E-state index in [4.69, 9.17) is 4.74 Å². The molecule has 3 rings (SSSR count). The third-order valence-corrected chi connectivity index (χ3v) is 7.99. The topological polar surface area (TPSA) is 83.0 Å². The maximum absolute atomic E-state index is 13.5. The van der Waals surface area contributed by atoms with Crippen LogP contribution in [0.25, 0.3) is 0 Å². The van der Waals surface area contributed by atoms with Gasteiger partial charge in [-0.15, -0.1) is 0 Å². The van der Waals surface area contributed by atoms with Crippen LogP contribution in [0.5, 0.6) is 5.75 Å². The summed E-state index contributed by atoms with van der Waals surface area (Å²) >= 11 is 0. The zero-order valence-corrected chi connectivity index (χ0v) is 21.3. The predicted molar refractivity (Wildman–Crippen MR) is 133 cm³/mol. The van der Waals surface area contributed by atoms with Crippen molar-refractivity contribution >= 4 is 10.0 Å². The maximum atomic E-state index is 13.5. The lowest BCUT2D eigenvalue weighted by atomic mass is 10.0. The molecule has 1 aromatic heterocycles. The predicted octanol–water partition coefficient (Wildman–Crippen LogP) is 3.13. The zero-order chi connectivity index (χ0) is 24.7. The Kier molecular flexibility index (Phi) is 9.09. The van der Waals surface area contributed by atoms with Gasteiger partial charge in [-0.3, -0.25) is 9.88 Å². The summed E-state index contributed by atoms with van der Waals surface area (Å²) in [6, 6.07) is 8.44. The van der Waals surface area contributed by atoms with Gasteiger partial charge in [-0.2, -0.15) is 4.31 Å². The quantitative estimate of drug-likeness (QED) is 0.607. The summed E-state index contributed by atoms with van der Waals surface area (Å²) in [5.74, 6) is 6.43. The second-order valence-corrected chi connectivity index (χ2v) is 10.9. The summed E-state index contributed by atoms with van der Waals surface area (Å²) in [6.45, 7) is 7.12. The number of hydrogen-bond donors (Lipinski definition) is 1. The van der Waals surface area contributed by atoms with Crippen molar-refractivity contribution in [2.45, 2.75) is 57.2 Å². The van der Waals surface area contributed by atoms with Crippen LogP contribution in [0.1, 0.15) is 44.7 Å². The number of aliphatic hydroxyl groups excluding tert-OH is 1. The van der Waals surface area contributed by atoms with Gasteiger partial charge in [0.15, 0.2) is 0 Å². The second-order valence-electron chi connectivity index (χ2n) is 9.01. The van der Waals surface area contributed by atoms with E-state index in [0.717, 1.165) is 30.5 Å². The number of likely N-dealkylation sites (N-methyl/N-ethyl adjacent to an activating group) is 1. The molecule has 8 heteroatoms. The summed E-state index contributed by atoms with van der Waals surface area (Å²) < 4.78 is 34.9. The number of fused-ring (bicyclic) bond motifs is 1. The first-order valence-corrected chi connectivity index (χ1v) is 13.2. The second kappa shape index (κ2) is 11.8. The molecule has 0 bridgehead atoms. The van der Waals surface area contributed by atoms with E-state index in [0.29, 0.717) is 12.3 Å². The van der Waals surface area contributed by atoms with E-state index in [1.54, 1.807) is 37.5 Å². The van der Waals surface area contributed by atoms with E-state index in [-0.39, 0.29) is 30.1 Å². The molecule has 0 radical (unpaired) electrons. The van der Waals surface area contributed by atoms with Gasteiger partial charge in [0.2, 0.25) is 10.0 Å². The molecule has 2 aromatic rings. The highest BCUT2D eigenvalue weighted by Gasteiger charge is 2.38. The van der Waals surface area contributed by atoms with Crippen LogP contribution >= 0.6 is 0 Å². The van der Waals surface area contributed by atoms with Crippen molar-refractivity contribution in [2.75, 3.05) is 26.7 Å². The van der Waals surface area contributed by atoms with Crippen molar-refractivity contribution in [3.05, 3.63) is 53.9 Å². The summed E-state index contributed by atoms with van der Waals surface area (Å²) in [7, 11) is -1.83. The molecule has 1 aliphatic rings. The molecule has 1 aliphatic heterocycles. The Bertz CT molecular complexity index is 1110. The largest absolute Gasteiger partial charge is 0.487 e. The number of hydrogen-bond acceptors (Lipinski definition) is 6. The number of ether oxygens (including phenoxy) is 1. The Labute approximate surface area is 203 Å². The molecule has 0 amide bonds. The summed E-state index contributed by atoms with van der Waals surface area (Å²) in [5, 5.41) is 9.79. The average Bonchev–Trinajstić information content (AvgIpc) is 2.81. The van der Waals surface area contributed by atoms with Crippen molar-refractivity contribution in [3.8, 4) is 17.6 Å². The number of aromatic nitrogens is 1. The highest BCUT2D eigenvalue weighted by Crippen LogP contribution is 2.34. The molecule has 0 fully saturated rings. The molecule has 0 saturated heterocycles. The van der Waals surface area contributed by atoms with Gasteiger partial charge in [0.05, 0.1) is 6.61 Å². The van der Waals surface area contributed by atoms with Gasteiger partial charge in [0, 0.05) is 56.0 Å². The Balaban J connectivity index is 1.97. The molecular weight excluding hydrogens is 450 g/mol. The van der Waals surface area contributed by atoms with Crippen molar-refractivity contribution in [1.29, 1.82) is 0 Å². The Morgan fingerprint density at radius 3 is 2.71 bits per heavy atom. The lowest BCUT2D eigenvalue weighted by molar-refractivity contribution is 0.0733.